The van der Waals surface area contributed by atoms with E-state index in [9.17, 15) is 0 Å². The molecule has 1 heterocycles. The van der Waals surface area contributed by atoms with Gasteiger partial charge in [-0.05, 0) is 38.1 Å². The number of rotatable bonds is 5. The van der Waals surface area contributed by atoms with Crippen LogP contribution in [0.5, 0.6) is 0 Å². The molecular weight excluding hydrogens is 322 g/mol. The van der Waals surface area contributed by atoms with Crippen LogP contribution in [-0.2, 0) is 0 Å². The maximum Gasteiger partial charge on any atom is 0.187 e. The van der Waals surface area contributed by atoms with Gasteiger partial charge in [0.1, 0.15) is 0 Å². The van der Waals surface area contributed by atoms with Crippen LogP contribution in [0.15, 0.2) is 28.1 Å². The van der Waals surface area contributed by atoms with Crippen LogP contribution in [0.3, 0.4) is 0 Å². The van der Waals surface area contributed by atoms with Gasteiger partial charge in [0.2, 0.25) is 0 Å². The average molecular weight is 340 g/mol. The zero-order chi connectivity index (χ0) is 13.8. The molecule has 0 amide bonds. The summed E-state index contributed by atoms with van der Waals surface area (Å²) in [6.07, 6.45) is 0. The highest BCUT2D eigenvalue weighted by Gasteiger charge is 2.09. The van der Waals surface area contributed by atoms with Gasteiger partial charge in [0, 0.05) is 21.6 Å². The van der Waals surface area contributed by atoms with Crippen LogP contribution >= 0.6 is 27.3 Å². The molecule has 2 aromatic rings. The molecule has 1 aromatic carbocycles. The van der Waals surface area contributed by atoms with Crippen LogP contribution in [-0.4, -0.2) is 11.5 Å². The number of hydrogen-bond acceptors (Lipinski definition) is 4. The lowest BCUT2D eigenvalue weighted by Crippen LogP contribution is -2.17. The molecule has 102 valence electrons. The number of aromatic nitrogens is 1. The van der Waals surface area contributed by atoms with Crippen LogP contribution in [0, 0.1) is 6.92 Å². The van der Waals surface area contributed by atoms with Crippen molar-refractivity contribution in [2.45, 2.75) is 26.8 Å². The number of anilines is 2. The summed E-state index contributed by atoms with van der Waals surface area (Å²) in [6.45, 7) is 7.26. The van der Waals surface area contributed by atoms with E-state index in [1.54, 1.807) is 11.3 Å². The number of halogens is 1. The van der Waals surface area contributed by atoms with Crippen molar-refractivity contribution in [2.75, 3.05) is 11.9 Å². The zero-order valence-corrected chi connectivity index (χ0v) is 13.7. The summed E-state index contributed by atoms with van der Waals surface area (Å²) in [5, 5.41) is 9.73. The molecule has 0 bridgehead atoms. The molecule has 3 nitrogen and oxygen atoms in total. The van der Waals surface area contributed by atoms with Gasteiger partial charge in [0.15, 0.2) is 5.13 Å². The molecule has 2 N–H and O–H groups in total. The van der Waals surface area contributed by atoms with Gasteiger partial charge in [-0.3, -0.25) is 0 Å². The van der Waals surface area contributed by atoms with Gasteiger partial charge in [-0.2, -0.15) is 0 Å². The van der Waals surface area contributed by atoms with Gasteiger partial charge in [0.25, 0.3) is 0 Å². The van der Waals surface area contributed by atoms with Gasteiger partial charge in [0.05, 0.1) is 5.69 Å². The van der Waals surface area contributed by atoms with Crippen molar-refractivity contribution in [1.29, 1.82) is 0 Å². The molecule has 0 saturated heterocycles. The number of hydrogen-bond donors (Lipinski definition) is 2. The Morgan fingerprint density at radius 3 is 2.89 bits per heavy atom. The summed E-state index contributed by atoms with van der Waals surface area (Å²) in [5.41, 5.74) is 3.36. The number of aryl methyl sites for hydroxylation is 1. The van der Waals surface area contributed by atoms with Crippen molar-refractivity contribution in [3.63, 3.8) is 0 Å². The second-order valence-corrected chi connectivity index (χ2v) is 6.16. The minimum absolute atomic E-state index is 0.293. The summed E-state index contributed by atoms with van der Waals surface area (Å²) < 4.78 is 1.11. The Hall–Kier alpha value is -0.910. The molecule has 0 aliphatic heterocycles. The predicted molar refractivity (Wildman–Crippen MR) is 86.4 cm³/mol. The minimum Gasteiger partial charge on any atom is -0.332 e. The Balaban J connectivity index is 2.09. The van der Waals surface area contributed by atoms with E-state index in [-0.39, 0.29) is 0 Å². The maximum absolute atomic E-state index is 4.61. The summed E-state index contributed by atoms with van der Waals surface area (Å²) >= 11 is 5.17. The molecule has 1 atom stereocenters. The summed E-state index contributed by atoms with van der Waals surface area (Å²) in [6, 6.07) is 6.52. The van der Waals surface area contributed by atoms with Crippen LogP contribution in [0.1, 0.15) is 31.1 Å². The van der Waals surface area contributed by atoms with E-state index in [0.29, 0.717) is 6.04 Å². The van der Waals surface area contributed by atoms with Crippen molar-refractivity contribution in [1.82, 2.24) is 10.3 Å². The predicted octanol–water partition coefficient (Wildman–Crippen LogP) is 4.63. The Labute approximate surface area is 126 Å². The van der Waals surface area contributed by atoms with Gasteiger partial charge in [-0.1, -0.05) is 28.9 Å². The number of nitrogens with zero attached hydrogens (tertiary/aromatic N) is 1. The van der Waals surface area contributed by atoms with Crippen LogP contribution in [0.4, 0.5) is 10.8 Å². The lowest BCUT2D eigenvalue weighted by molar-refractivity contribution is 0.587. The maximum atomic E-state index is 4.61. The highest BCUT2D eigenvalue weighted by molar-refractivity contribution is 9.10. The third-order valence-electron chi connectivity index (χ3n) is 2.90. The van der Waals surface area contributed by atoms with Gasteiger partial charge in [-0.25, -0.2) is 4.98 Å². The molecule has 0 fully saturated rings. The molecule has 5 heteroatoms. The first-order valence-electron chi connectivity index (χ1n) is 6.32. The van der Waals surface area contributed by atoms with Crippen molar-refractivity contribution in [3.05, 3.63) is 39.3 Å². The Bertz CT molecular complexity index is 553. The average Bonchev–Trinajstić information content (AvgIpc) is 2.83. The molecule has 19 heavy (non-hydrogen) atoms. The lowest BCUT2D eigenvalue weighted by atomic mass is 10.2. The first kappa shape index (κ1) is 14.5. The van der Waals surface area contributed by atoms with E-state index in [1.807, 2.05) is 0 Å². The molecular formula is C14H18BrN3S. The fourth-order valence-corrected chi connectivity index (χ4v) is 2.95. The van der Waals surface area contributed by atoms with Gasteiger partial charge < -0.3 is 10.6 Å². The highest BCUT2D eigenvalue weighted by Crippen LogP contribution is 2.26. The molecule has 0 saturated carbocycles. The second kappa shape index (κ2) is 6.50. The zero-order valence-electron chi connectivity index (χ0n) is 11.3. The molecule has 0 radical (unpaired) electrons. The molecule has 0 spiro atoms. The van der Waals surface area contributed by atoms with E-state index in [0.717, 1.165) is 27.5 Å². The Kier molecular flexibility index (Phi) is 4.96. The van der Waals surface area contributed by atoms with Crippen LogP contribution < -0.4 is 10.6 Å². The molecule has 2 rings (SSSR count). The normalized spacial score (nSPS) is 12.4. The third kappa shape index (κ3) is 3.78. The Morgan fingerprint density at radius 2 is 2.21 bits per heavy atom. The van der Waals surface area contributed by atoms with Crippen LogP contribution in [0.25, 0.3) is 0 Å². The molecule has 0 aliphatic carbocycles. The largest absolute Gasteiger partial charge is 0.332 e. The van der Waals surface area contributed by atoms with Gasteiger partial charge in [-0.15, -0.1) is 11.3 Å². The summed E-state index contributed by atoms with van der Waals surface area (Å²) in [5.74, 6) is 0. The van der Waals surface area contributed by atoms with E-state index in [1.165, 1.54) is 5.56 Å². The molecule has 1 unspecified atom stereocenters. The van der Waals surface area contributed by atoms with Gasteiger partial charge >= 0.3 is 0 Å². The van der Waals surface area contributed by atoms with Crippen molar-refractivity contribution in [3.8, 4) is 0 Å². The topological polar surface area (TPSA) is 37.0 Å². The smallest absolute Gasteiger partial charge is 0.187 e. The third-order valence-corrected chi connectivity index (χ3v) is 4.53. The quantitative estimate of drug-likeness (QED) is 0.833. The second-order valence-electron chi connectivity index (χ2n) is 4.45. The van der Waals surface area contributed by atoms with Crippen molar-refractivity contribution < 1.29 is 0 Å². The van der Waals surface area contributed by atoms with E-state index < -0.39 is 0 Å². The molecule has 0 aliphatic rings. The van der Waals surface area contributed by atoms with E-state index in [4.69, 9.17) is 0 Å². The number of nitrogens with one attached hydrogen (secondary N) is 2. The number of benzene rings is 1. The monoisotopic (exact) mass is 339 g/mol. The van der Waals surface area contributed by atoms with E-state index >= 15 is 0 Å². The van der Waals surface area contributed by atoms with E-state index in [2.05, 4.69) is 75.9 Å². The number of thiazole rings is 1. The molecule has 1 aromatic heterocycles. The van der Waals surface area contributed by atoms with Crippen molar-refractivity contribution >= 4 is 38.1 Å². The van der Waals surface area contributed by atoms with Crippen LogP contribution in [0.2, 0.25) is 0 Å². The highest BCUT2D eigenvalue weighted by atomic mass is 79.9. The Morgan fingerprint density at radius 1 is 1.42 bits per heavy atom. The van der Waals surface area contributed by atoms with Crippen molar-refractivity contribution in [2.24, 2.45) is 0 Å². The SMILES string of the molecule is CCNC(C)c1csc(Nc2ccc(C)c(Br)c2)n1. The first-order chi connectivity index (χ1) is 9.10. The minimum atomic E-state index is 0.293. The summed E-state index contributed by atoms with van der Waals surface area (Å²) in [4.78, 5) is 4.61. The first-order valence-corrected chi connectivity index (χ1v) is 7.99. The lowest BCUT2D eigenvalue weighted by Gasteiger charge is -2.08. The summed E-state index contributed by atoms with van der Waals surface area (Å²) in [7, 11) is 0. The fourth-order valence-electron chi connectivity index (χ4n) is 1.75. The fraction of sp³-hybridized carbons (Fsp3) is 0.357. The standard InChI is InChI=1S/C14H18BrN3S/c1-4-16-10(3)13-8-19-14(18-13)17-11-6-5-9(2)12(15)7-11/h5-8,10,16H,4H2,1-3H3,(H,17,18).